The second-order valence-corrected chi connectivity index (χ2v) is 9.06. The van der Waals surface area contributed by atoms with Gasteiger partial charge in [0.05, 0.1) is 17.8 Å². The molecule has 1 aromatic carbocycles. The van der Waals surface area contributed by atoms with E-state index in [0.717, 1.165) is 16.6 Å². The second-order valence-electron chi connectivity index (χ2n) is 9.06. The lowest BCUT2D eigenvalue weighted by Crippen LogP contribution is -2.41. The lowest BCUT2D eigenvalue weighted by atomic mass is 9.77. The van der Waals surface area contributed by atoms with E-state index in [1.54, 1.807) is 0 Å². The number of nitrogens with one attached hydrogen (secondary N) is 1. The molecule has 1 aliphatic heterocycles. The van der Waals surface area contributed by atoms with Gasteiger partial charge in [-0.15, -0.1) is 0 Å². The second kappa shape index (κ2) is 8.27. The fourth-order valence-corrected chi connectivity index (χ4v) is 2.62. The van der Waals surface area contributed by atoms with Gasteiger partial charge in [-0.25, -0.2) is 4.79 Å². The molecule has 1 saturated heterocycles. The van der Waals surface area contributed by atoms with Crippen LogP contribution in [0.25, 0.3) is 6.08 Å². The van der Waals surface area contributed by atoms with Crippen molar-refractivity contribution in [3.63, 3.8) is 0 Å². The summed E-state index contributed by atoms with van der Waals surface area (Å²) in [5.74, 6) is 0. The monoisotopic (exact) mass is 389 g/mol. The SMILES string of the molecule is CC(C)(C)OC(=O)NCC(=Cc1ccc(CO)cc1)B1OC(C)(C)C(C)(C)O1. The van der Waals surface area contributed by atoms with Crippen molar-refractivity contribution < 1.29 is 23.9 Å². The lowest BCUT2D eigenvalue weighted by Gasteiger charge is -2.32. The first kappa shape index (κ1) is 22.5. The molecule has 0 saturated carbocycles. The van der Waals surface area contributed by atoms with Gasteiger partial charge < -0.3 is 24.5 Å². The number of carbonyl (C=O) groups excluding carboxylic acids is 1. The van der Waals surface area contributed by atoms with Crippen LogP contribution in [0.3, 0.4) is 0 Å². The summed E-state index contributed by atoms with van der Waals surface area (Å²) in [7, 11) is -0.586. The van der Waals surface area contributed by atoms with E-state index in [4.69, 9.17) is 14.0 Å². The quantitative estimate of drug-likeness (QED) is 0.751. The Balaban J connectivity index is 2.23. The Morgan fingerprint density at radius 2 is 1.68 bits per heavy atom. The zero-order chi connectivity index (χ0) is 21.2. The molecule has 1 fully saturated rings. The molecule has 1 heterocycles. The number of ether oxygens (including phenoxy) is 1. The van der Waals surface area contributed by atoms with Crippen LogP contribution >= 0.6 is 0 Å². The van der Waals surface area contributed by atoms with Gasteiger partial charge in [0, 0.05) is 6.54 Å². The number of hydrogen-bond acceptors (Lipinski definition) is 5. The highest BCUT2D eigenvalue weighted by Crippen LogP contribution is 2.38. The van der Waals surface area contributed by atoms with Crippen LogP contribution in [0, 0.1) is 0 Å². The maximum Gasteiger partial charge on any atom is 0.492 e. The first-order chi connectivity index (χ1) is 12.8. The van der Waals surface area contributed by atoms with Gasteiger partial charge in [-0.1, -0.05) is 30.3 Å². The molecule has 7 heteroatoms. The summed E-state index contributed by atoms with van der Waals surface area (Å²) < 4.78 is 17.6. The minimum atomic E-state index is -0.586. The van der Waals surface area contributed by atoms with Crippen molar-refractivity contribution in [2.45, 2.75) is 71.9 Å². The van der Waals surface area contributed by atoms with Crippen LogP contribution in [0.5, 0.6) is 0 Å². The third kappa shape index (κ3) is 5.83. The van der Waals surface area contributed by atoms with E-state index >= 15 is 0 Å². The molecule has 0 unspecified atom stereocenters. The van der Waals surface area contributed by atoms with Gasteiger partial charge in [0.25, 0.3) is 0 Å². The van der Waals surface area contributed by atoms with Crippen LogP contribution in [0.1, 0.15) is 59.6 Å². The standard InChI is InChI=1S/C21H32BNO5/c1-19(2,3)26-18(25)23-13-17(12-15-8-10-16(14-24)11-9-15)22-27-20(4,5)21(6,7)28-22/h8-12,24H,13-14H2,1-7H3,(H,23,25). The van der Waals surface area contributed by atoms with Crippen molar-refractivity contribution in [1.82, 2.24) is 5.32 Å². The minimum Gasteiger partial charge on any atom is -0.444 e. The predicted octanol–water partition coefficient (Wildman–Crippen LogP) is 3.72. The molecule has 0 bridgehead atoms. The van der Waals surface area contributed by atoms with Gasteiger partial charge in [-0.05, 0) is 65.1 Å². The van der Waals surface area contributed by atoms with Gasteiger partial charge >= 0.3 is 13.2 Å². The maximum atomic E-state index is 12.1. The highest BCUT2D eigenvalue weighted by atomic mass is 16.7. The summed E-state index contributed by atoms with van der Waals surface area (Å²) in [5.41, 5.74) is 1.00. The molecule has 6 nitrogen and oxygen atoms in total. The van der Waals surface area contributed by atoms with E-state index < -0.39 is 30.0 Å². The van der Waals surface area contributed by atoms with Crippen LogP contribution < -0.4 is 5.32 Å². The third-order valence-corrected chi connectivity index (χ3v) is 4.91. The van der Waals surface area contributed by atoms with E-state index in [1.807, 2.05) is 78.8 Å². The van der Waals surface area contributed by atoms with Gasteiger partial charge in [-0.3, -0.25) is 0 Å². The first-order valence-electron chi connectivity index (χ1n) is 9.56. The largest absolute Gasteiger partial charge is 0.492 e. The van der Waals surface area contributed by atoms with Gasteiger partial charge in [-0.2, -0.15) is 0 Å². The van der Waals surface area contributed by atoms with Crippen LogP contribution in [0.4, 0.5) is 4.79 Å². The van der Waals surface area contributed by atoms with Crippen molar-refractivity contribution in [2.24, 2.45) is 0 Å². The highest BCUT2D eigenvalue weighted by Gasteiger charge is 2.52. The Morgan fingerprint density at radius 1 is 1.14 bits per heavy atom. The van der Waals surface area contributed by atoms with Crippen molar-refractivity contribution >= 4 is 19.3 Å². The van der Waals surface area contributed by atoms with E-state index in [2.05, 4.69) is 5.32 Å². The summed E-state index contributed by atoms with van der Waals surface area (Å²) in [6, 6.07) is 7.53. The Kier molecular flexibility index (Phi) is 6.64. The highest BCUT2D eigenvalue weighted by molar-refractivity contribution is 6.56. The molecule has 28 heavy (non-hydrogen) atoms. The zero-order valence-corrected chi connectivity index (χ0v) is 18.0. The molecule has 1 aliphatic rings. The molecule has 1 amide bonds. The molecule has 0 radical (unpaired) electrons. The first-order valence-corrected chi connectivity index (χ1v) is 9.56. The molecule has 2 rings (SSSR count). The maximum absolute atomic E-state index is 12.1. The third-order valence-electron chi connectivity index (χ3n) is 4.91. The molecule has 2 N–H and O–H groups in total. The lowest BCUT2D eigenvalue weighted by molar-refractivity contribution is 0.00578. The molecule has 0 atom stereocenters. The van der Waals surface area contributed by atoms with Crippen molar-refractivity contribution in [3.8, 4) is 0 Å². The average Bonchev–Trinajstić information content (AvgIpc) is 2.78. The van der Waals surface area contributed by atoms with Crippen LogP contribution in [-0.4, -0.2) is 41.7 Å². The van der Waals surface area contributed by atoms with E-state index in [9.17, 15) is 9.90 Å². The number of carbonyl (C=O) groups is 1. The van der Waals surface area contributed by atoms with Gasteiger partial charge in [0.1, 0.15) is 5.60 Å². The average molecular weight is 389 g/mol. The fraction of sp³-hybridized carbons (Fsp3) is 0.571. The Hall–Kier alpha value is -1.83. The smallest absolute Gasteiger partial charge is 0.444 e. The predicted molar refractivity (Wildman–Crippen MR) is 111 cm³/mol. The molecule has 0 aliphatic carbocycles. The molecule has 0 aromatic heterocycles. The Morgan fingerprint density at radius 3 is 2.14 bits per heavy atom. The molecular weight excluding hydrogens is 357 g/mol. The minimum absolute atomic E-state index is 0.00568. The van der Waals surface area contributed by atoms with Crippen LogP contribution in [-0.2, 0) is 20.7 Å². The van der Waals surface area contributed by atoms with Gasteiger partial charge in [0.2, 0.25) is 0 Å². The van der Waals surface area contributed by atoms with Crippen molar-refractivity contribution in [2.75, 3.05) is 6.54 Å². The molecule has 1 aromatic rings. The molecule has 0 spiro atoms. The van der Waals surface area contributed by atoms with Crippen molar-refractivity contribution in [3.05, 3.63) is 40.9 Å². The molecular formula is C21H32BNO5. The Labute approximate surface area is 168 Å². The van der Waals surface area contributed by atoms with E-state index in [-0.39, 0.29) is 13.2 Å². The van der Waals surface area contributed by atoms with Gasteiger partial charge in [0.15, 0.2) is 0 Å². The number of amides is 1. The number of hydrogen-bond donors (Lipinski definition) is 2. The number of alkyl carbamates (subject to hydrolysis) is 1. The number of benzene rings is 1. The summed E-state index contributed by atoms with van der Waals surface area (Å²) in [5, 5.41) is 12.0. The summed E-state index contributed by atoms with van der Waals surface area (Å²) in [6.45, 7) is 13.6. The van der Waals surface area contributed by atoms with Crippen molar-refractivity contribution in [1.29, 1.82) is 0 Å². The zero-order valence-electron chi connectivity index (χ0n) is 18.0. The topological polar surface area (TPSA) is 77.0 Å². The van der Waals surface area contributed by atoms with Crippen LogP contribution in [0.15, 0.2) is 29.7 Å². The number of aliphatic hydroxyl groups excluding tert-OH is 1. The number of aliphatic hydroxyl groups is 1. The Bertz CT molecular complexity index is 703. The summed E-state index contributed by atoms with van der Waals surface area (Å²) >= 11 is 0. The van der Waals surface area contributed by atoms with Crippen LogP contribution in [0.2, 0.25) is 0 Å². The molecule has 154 valence electrons. The fourth-order valence-electron chi connectivity index (χ4n) is 2.62. The summed E-state index contributed by atoms with van der Waals surface area (Å²) in [4.78, 5) is 12.1. The summed E-state index contributed by atoms with van der Waals surface area (Å²) in [6.07, 6.45) is 1.44. The normalized spacial score (nSPS) is 18.9. The van der Waals surface area contributed by atoms with E-state index in [1.165, 1.54) is 0 Å². The number of rotatable bonds is 5. The van der Waals surface area contributed by atoms with E-state index in [0.29, 0.717) is 0 Å².